The largest absolute Gasteiger partial charge is 0.352 e. The van der Waals surface area contributed by atoms with Crippen molar-refractivity contribution in [2.75, 3.05) is 17.6 Å². The summed E-state index contributed by atoms with van der Waals surface area (Å²) in [5.74, 6) is 0.841. The minimum atomic E-state index is -0.103. The van der Waals surface area contributed by atoms with Crippen LogP contribution < -0.4 is 10.6 Å². The Hall–Kier alpha value is -3.13. The molecule has 0 saturated heterocycles. The maximum atomic E-state index is 12.4. The number of nitrogens with one attached hydrogen (secondary N) is 2. The van der Waals surface area contributed by atoms with Crippen LogP contribution in [-0.4, -0.2) is 38.9 Å². The van der Waals surface area contributed by atoms with Gasteiger partial charge in [-0.3, -0.25) is 9.59 Å². The molecule has 0 unspecified atom stereocenters. The summed E-state index contributed by atoms with van der Waals surface area (Å²) in [4.78, 5) is 24.7. The number of nitrogens with zero attached hydrogens (tertiary/aromatic N) is 3. The molecule has 1 aromatic heterocycles. The topological polar surface area (TPSA) is 88.9 Å². The van der Waals surface area contributed by atoms with Crippen molar-refractivity contribution in [3.63, 3.8) is 0 Å². The Bertz CT molecular complexity index is 1110. The van der Waals surface area contributed by atoms with Crippen LogP contribution in [0.1, 0.15) is 39.8 Å². The summed E-state index contributed by atoms with van der Waals surface area (Å²) in [5, 5.41) is 15.1. The number of amides is 2. The molecule has 2 amide bonds. The molecule has 0 bridgehead atoms. The molecular formula is C24H29N5O2S. The highest BCUT2D eigenvalue weighted by Crippen LogP contribution is 2.19. The standard InChI is InChI=1S/C24H29N5O2S/c1-5-29-21(11-12-25-23(31)19-8-6-7-16(2)13-19)27-28-24(29)32-15-22(30)26-20-10-9-17(3)18(4)14-20/h6-10,13-14H,5,11-12,15H2,1-4H3,(H,25,31)(H,26,30). The van der Waals surface area contributed by atoms with Crippen molar-refractivity contribution in [2.45, 2.75) is 45.8 Å². The van der Waals surface area contributed by atoms with E-state index in [0.717, 1.165) is 22.6 Å². The molecule has 0 fully saturated rings. The molecule has 3 rings (SSSR count). The van der Waals surface area contributed by atoms with Crippen molar-refractivity contribution < 1.29 is 9.59 Å². The maximum Gasteiger partial charge on any atom is 0.251 e. The molecule has 1 heterocycles. The van der Waals surface area contributed by atoms with E-state index in [1.54, 1.807) is 6.07 Å². The maximum absolute atomic E-state index is 12.4. The number of carbonyl (C=O) groups excluding carboxylic acids is 2. The molecule has 8 heteroatoms. The Kier molecular flexibility index (Phi) is 8.05. The summed E-state index contributed by atoms with van der Waals surface area (Å²) >= 11 is 1.36. The molecule has 0 aliphatic rings. The molecule has 32 heavy (non-hydrogen) atoms. The highest BCUT2D eigenvalue weighted by atomic mass is 32.2. The molecule has 7 nitrogen and oxygen atoms in total. The number of aryl methyl sites for hydroxylation is 3. The van der Waals surface area contributed by atoms with Crippen LogP contribution in [0, 0.1) is 20.8 Å². The van der Waals surface area contributed by atoms with Crippen LogP contribution in [-0.2, 0) is 17.8 Å². The Balaban J connectivity index is 1.52. The second-order valence-corrected chi connectivity index (χ2v) is 8.60. The fourth-order valence-electron chi connectivity index (χ4n) is 3.25. The first-order valence-corrected chi connectivity index (χ1v) is 11.6. The zero-order chi connectivity index (χ0) is 23.1. The highest BCUT2D eigenvalue weighted by Gasteiger charge is 2.14. The molecule has 2 N–H and O–H groups in total. The first kappa shape index (κ1) is 23.5. The third-order valence-electron chi connectivity index (χ3n) is 5.15. The smallest absolute Gasteiger partial charge is 0.251 e. The van der Waals surface area contributed by atoms with Gasteiger partial charge in [0.25, 0.3) is 5.91 Å². The number of hydrogen-bond donors (Lipinski definition) is 2. The Morgan fingerprint density at radius 1 is 1.03 bits per heavy atom. The Labute approximate surface area is 193 Å². The lowest BCUT2D eigenvalue weighted by Gasteiger charge is -2.09. The van der Waals surface area contributed by atoms with E-state index < -0.39 is 0 Å². The van der Waals surface area contributed by atoms with Gasteiger partial charge in [0.1, 0.15) is 5.82 Å². The predicted molar refractivity (Wildman–Crippen MR) is 128 cm³/mol. The van der Waals surface area contributed by atoms with E-state index in [2.05, 4.69) is 20.8 Å². The summed E-state index contributed by atoms with van der Waals surface area (Å²) in [5.41, 5.74) is 4.82. The first-order chi connectivity index (χ1) is 15.4. The fraction of sp³-hybridized carbons (Fsp3) is 0.333. The van der Waals surface area contributed by atoms with E-state index in [-0.39, 0.29) is 17.6 Å². The zero-order valence-corrected chi connectivity index (χ0v) is 19.8. The van der Waals surface area contributed by atoms with Crippen LogP contribution in [0.2, 0.25) is 0 Å². The van der Waals surface area contributed by atoms with Gasteiger partial charge in [-0.1, -0.05) is 35.5 Å². The van der Waals surface area contributed by atoms with Gasteiger partial charge in [0, 0.05) is 30.8 Å². The molecule has 168 valence electrons. The zero-order valence-electron chi connectivity index (χ0n) is 18.9. The normalized spacial score (nSPS) is 10.8. The van der Waals surface area contributed by atoms with Gasteiger partial charge in [0.2, 0.25) is 5.91 Å². The van der Waals surface area contributed by atoms with E-state index >= 15 is 0 Å². The molecule has 0 spiro atoms. The number of hydrogen-bond acceptors (Lipinski definition) is 5. The predicted octanol–water partition coefficient (Wildman–Crippen LogP) is 3.93. The summed E-state index contributed by atoms with van der Waals surface area (Å²) in [6.45, 7) is 9.19. The van der Waals surface area contributed by atoms with E-state index in [9.17, 15) is 9.59 Å². The van der Waals surface area contributed by atoms with Crippen LogP contribution in [0.25, 0.3) is 0 Å². The molecule has 0 atom stereocenters. The monoisotopic (exact) mass is 451 g/mol. The van der Waals surface area contributed by atoms with Crippen molar-refractivity contribution in [3.8, 4) is 0 Å². The van der Waals surface area contributed by atoms with Crippen molar-refractivity contribution in [2.24, 2.45) is 0 Å². The van der Waals surface area contributed by atoms with E-state index in [1.165, 1.54) is 17.3 Å². The van der Waals surface area contributed by atoms with Crippen molar-refractivity contribution >= 4 is 29.3 Å². The van der Waals surface area contributed by atoms with Crippen molar-refractivity contribution in [1.29, 1.82) is 0 Å². The van der Waals surface area contributed by atoms with Crippen LogP contribution in [0.5, 0.6) is 0 Å². The van der Waals surface area contributed by atoms with Crippen molar-refractivity contribution in [3.05, 3.63) is 70.5 Å². The van der Waals surface area contributed by atoms with E-state index in [0.29, 0.717) is 30.2 Å². The summed E-state index contributed by atoms with van der Waals surface area (Å²) in [7, 11) is 0. The fourth-order valence-corrected chi connectivity index (χ4v) is 4.07. The van der Waals surface area contributed by atoms with Gasteiger partial charge in [0.15, 0.2) is 5.16 Å². The first-order valence-electron chi connectivity index (χ1n) is 10.6. The van der Waals surface area contributed by atoms with Gasteiger partial charge in [-0.05, 0) is 63.1 Å². The number of benzene rings is 2. The van der Waals surface area contributed by atoms with Crippen LogP contribution in [0.4, 0.5) is 5.69 Å². The van der Waals surface area contributed by atoms with Crippen LogP contribution in [0.3, 0.4) is 0 Å². The van der Waals surface area contributed by atoms with Gasteiger partial charge in [-0.15, -0.1) is 10.2 Å². The Morgan fingerprint density at radius 2 is 1.84 bits per heavy atom. The third kappa shape index (κ3) is 6.20. The Morgan fingerprint density at radius 3 is 2.56 bits per heavy atom. The molecule has 0 saturated carbocycles. The number of rotatable bonds is 9. The summed E-state index contributed by atoms with van der Waals surface area (Å²) < 4.78 is 1.98. The average molecular weight is 452 g/mol. The molecule has 2 aromatic carbocycles. The molecule has 0 aliphatic heterocycles. The van der Waals surface area contributed by atoms with Crippen LogP contribution >= 0.6 is 11.8 Å². The highest BCUT2D eigenvalue weighted by molar-refractivity contribution is 7.99. The lowest BCUT2D eigenvalue weighted by molar-refractivity contribution is -0.113. The third-order valence-corrected chi connectivity index (χ3v) is 6.11. The van der Waals surface area contributed by atoms with Gasteiger partial charge >= 0.3 is 0 Å². The summed E-state index contributed by atoms with van der Waals surface area (Å²) in [6.07, 6.45) is 0.563. The van der Waals surface area contributed by atoms with Gasteiger partial charge < -0.3 is 15.2 Å². The number of anilines is 1. The SMILES string of the molecule is CCn1c(CCNC(=O)c2cccc(C)c2)nnc1SCC(=O)Nc1ccc(C)c(C)c1. The molecular weight excluding hydrogens is 422 g/mol. The van der Waals surface area contributed by atoms with Crippen molar-refractivity contribution in [1.82, 2.24) is 20.1 Å². The van der Waals surface area contributed by atoms with E-state index in [4.69, 9.17) is 0 Å². The summed E-state index contributed by atoms with van der Waals surface area (Å²) in [6, 6.07) is 13.4. The number of thioether (sulfide) groups is 1. The van der Waals surface area contributed by atoms with Gasteiger partial charge in [0.05, 0.1) is 5.75 Å². The lowest BCUT2D eigenvalue weighted by atomic mass is 10.1. The quantitative estimate of drug-likeness (QED) is 0.481. The van der Waals surface area contributed by atoms with Crippen LogP contribution in [0.15, 0.2) is 47.6 Å². The average Bonchev–Trinajstić information content (AvgIpc) is 3.16. The molecule has 0 radical (unpaired) electrons. The van der Waals surface area contributed by atoms with E-state index in [1.807, 2.05) is 68.7 Å². The second-order valence-electron chi connectivity index (χ2n) is 7.65. The van der Waals surface area contributed by atoms with Gasteiger partial charge in [-0.25, -0.2) is 0 Å². The molecule has 0 aliphatic carbocycles. The minimum absolute atomic E-state index is 0.0872. The number of aromatic nitrogens is 3. The molecule has 3 aromatic rings. The number of carbonyl (C=O) groups is 2. The minimum Gasteiger partial charge on any atom is -0.352 e. The van der Waals surface area contributed by atoms with Gasteiger partial charge in [-0.2, -0.15) is 0 Å². The lowest BCUT2D eigenvalue weighted by Crippen LogP contribution is -2.26. The second kappa shape index (κ2) is 10.9.